The first-order chi connectivity index (χ1) is 14.7. The quantitative estimate of drug-likeness (QED) is 0.543. The maximum Gasteiger partial charge on any atom is 0.291 e. The van der Waals surface area contributed by atoms with Crippen molar-refractivity contribution < 1.29 is 9.21 Å². The predicted molar refractivity (Wildman–Crippen MR) is 113 cm³/mol. The molecule has 150 valence electrons. The van der Waals surface area contributed by atoms with Crippen LogP contribution in [0.4, 0.5) is 0 Å². The summed E-state index contributed by atoms with van der Waals surface area (Å²) in [6.45, 7) is 2.02. The zero-order valence-corrected chi connectivity index (χ0v) is 16.7. The molecule has 5 rings (SSSR count). The van der Waals surface area contributed by atoms with Crippen LogP contribution in [0.2, 0.25) is 0 Å². The van der Waals surface area contributed by atoms with Gasteiger partial charge in [-0.25, -0.2) is 4.68 Å². The first-order valence-corrected chi connectivity index (χ1v) is 10.2. The van der Waals surface area contributed by atoms with E-state index in [4.69, 9.17) is 4.42 Å². The molecule has 30 heavy (non-hydrogen) atoms. The van der Waals surface area contributed by atoms with Crippen LogP contribution < -0.4 is 5.32 Å². The summed E-state index contributed by atoms with van der Waals surface area (Å²) in [5.74, 6) is 0.910. The first kappa shape index (κ1) is 18.4. The fourth-order valence-corrected chi connectivity index (χ4v) is 4.04. The molecule has 0 spiro atoms. The topological polar surface area (TPSA) is 73.0 Å². The SMILES string of the molecule is Cc1cccc(-n2nc(C(=O)N[C@H]3CCCc4ccccc43)nc2-c2ccco2)c1. The molecule has 4 aromatic rings. The van der Waals surface area contributed by atoms with E-state index in [2.05, 4.69) is 27.5 Å². The third-order valence-corrected chi connectivity index (χ3v) is 5.47. The average Bonchev–Trinajstić information content (AvgIpc) is 3.44. The number of nitrogens with one attached hydrogen (secondary N) is 1. The van der Waals surface area contributed by atoms with Crippen LogP contribution >= 0.6 is 0 Å². The summed E-state index contributed by atoms with van der Waals surface area (Å²) in [5.41, 5.74) is 4.40. The maximum absolute atomic E-state index is 13.1. The van der Waals surface area contributed by atoms with E-state index in [1.807, 2.05) is 49.4 Å². The molecule has 2 aromatic heterocycles. The molecule has 6 heteroatoms. The van der Waals surface area contributed by atoms with Crippen LogP contribution in [-0.2, 0) is 6.42 Å². The second-order valence-electron chi connectivity index (χ2n) is 7.60. The summed E-state index contributed by atoms with van der Waals surface area (Å²) in [6.07, 6.45) is 4.59. The smallest absolute Gasteiger partial charge is 0.291 e. The van der Waals surface area contributed by atoms with Crippen molar-refractivity contribution in [1.29, 1.82) is 0 Å². The van der Waals surface area contributed by atoms with Gasteiger partial charge in [0.1, 0.15) is 0 Å². The fraction of sp³-hybridized carbons (Fsp3) is 0.208. The first-order valence-electron chi connectivity index (χ1n) is 10.2. The Morgan fingerprint density at radius 2 is 2.03 bits per heavy atom. The number of amides is 1. The van der Waals surface area contributed by atoms with E-state index in [1.54, 1.807) is 17.0 Å². The summed E-state index contributed by atoms with van der Waals surface area (Å²) in [6, 6.07) is 19.8. The third-order valence-electron chi connectivity index (χ3n) is 5.47. The standard InChI is InChI=1S/C24H22N4O2/c1-16-7-4-10-18(15-16)28-23(21-13-6-14-30-21)26-22(27-28)24(29)25-20-12-5-9-17-8-2-3-11-19(17)20/h2-4,6-8,10-11,13-15,20H,5,9,12H2,1H3,(H,25,29)/t20-/m0/s1. The second kappa shape index (κ2) is 7.63. The Kier molecular flexibility index (Phi) is 4.67. The van der Waals surface area contributed by atoms with Gasteiger partial charge in [0.15, 0.2) is 11.6 Å². The van der Waals surface area contributed by atoms with Crippen molar-refractivity contribution in [3.8, 4) is 17.3 Å². The normalized spacial score (nSPS) is 15.6. The maximum atomic E-state index is 13.1. The average molecular weight is 398 g/mol. The minimum absolute atomic E-state index is 0.0274. The molecule has 1 aliphatic carbocycles. The lowest BCUT2D eigenvalue weighted by Gasteiger charge is -2.25. The molecule has 6 nitrogen and oxygen atoms in total. The Balaban J connectivity index is 1.49. The van der Waals surface area contributed by atoms with Crippen molar-refractivity contribution in [2.24, 2.45) is 0 Å². The van der Waals surface area contributed by atoms with Gasteiger partial charge in [0.25, 0.3) is 5.91 Å². The molecule has 2 heterocycles. The van der Waals surface area contributed by atoms with E-state index < -0.39 is 0 Å². The van der Waals surface area contributed by atoms with Gasteiger partial charge in [-0.1, -0.05) is 36.4 Å². The van der Waals surface area contributed by atoms with Gasteiger partial charge in [-0.2, -0.15) is 4.98 Å². The number of benzene rings is 2. The molecule has 0 saturated carbocycles. The molecule has 1 amide bonds. The zero-order valence-electron chi connectivity index (χ0n) is 16.7. The molecule has 0 bridgehead atoms. The highest BCUT2D eigenvalue weighted by molar-refractivity contribution is 5.91. The molecule has 0 fully saturated rings. The lowest BCUT2D eigenvalue weighted by atomic mass is 9.88. The van der Waals surface area contributed by atoms with Crippen LogP contribution in [0.25, 0.3) is 17.3 Å². The zero-order chi connectivity index (χ0) is 20.5. The van der Waals surface area contributed by atoms with Crippen LogP contribution in [0, 0.1) is 6.92 Å². The summed E-state index contributed by atoms with van der Waals surface area (Å²) in [5, 5.41) is 7.66. The van der Waals surface area contributed by atoms with Gasteiger partial charge in [0.05, 0.1) is 18.0 Å². The van der Waals surface area contributed by atoms with Crippen molar-refractivity contribution in [3.05, 3.63) is 89.4 Å². The summed E-state index contributed by atoms with van der Waals surface area (Å²) < 4.78 is 7.21. The fourth-order valence-electron chi connectivity index (χ4n) is 4.04. The van der Waals surface area contributed by atoms with Gasteiger partial charge >= 0.3 is 0 Å². The molecular weight excluding hydrogens is 376 g/mol. The molecule has 1 aliphatic rings. The highest BCUT2D eigenvalue weighted by Crippen LogP contribution is 2.30. The highest BCUT2D eigenvalue weighted by Gasteiger charge is 2.25. The number of aryl methyl sites for hydroxylation is 2. The molecule has 1 N–H and O–H groups in total. The lowest BCUT2D eigenvalue weighted by Crippen LogP contribution is -2.31. The van der Waals surface area contributed by atoms with Gasteiger partial charge in [-0.3, -0.25) is 4.79 Å². The van der Waals surface area contributed by atoms with Crippen LogP contribution in [0.5, 0.6) is 0 Å². The Morgan fingerprint density at radius 1 is 1.13 bits per heavy atom. The number of rotatable bonds is 4. The summed E-state index contributed by atoms with van der Waals surface area (Å²) in [4.78, 5) is 17.6. The van der Waals surface area contributed by atoms with Crippen LogP contribution in [-0.4, -0.2) is 20.7 Å². The lowest BCUT2D eigenvalue weighted by molar-refractivity contribution is 0.0922. The van der Waals surface area contributed by atoms with Gasteiger partial charge in [-0.15, -0.1) is 5.10 Å². The number of fused-ring (bicyclic) bond motifs is 1. The number of furan rings is 1. The second-order valence-corrected chi connectivity index (χ2v) is 7.60. The number of nitrogens with zero attached hydrogens (tertiary/aromatic N) is 3. The molecular formula is C24H22N4O2. The van der Waals surface area contributed by atoms with Crippen molar-refractivity contribution in [3.63, 3.8) is 0 Å². The summed E-state index contributed by atoms with van der Waals surface area (Å²) >= 11 is 0. The van der Waals surface area contributed by atoms with Crippen molar-refractivity contribution in [2.75, 3.05) is 0 Å². The van der Waals surface area contributed by atoms with E-state index in [1.165, 1.54) is 11.1 Å². The van der Waals surface area contributed by atoms with Gasteiger partial charge in [0, 0.05) is 0 Å². The van der Waals surface area contributed by atoms with Gasteiger partial charge < -0.3 is 9.73 Å². The number of aromatic nitrogens is 3. The number of carbonyl (C=O) groups excluding carboxylic acids is 1. The number of hydrogen-bond donors (Lipinski definition) is 1. The van der Waals surface area contributed by atoms with Crippen molar-refractivity contribution in [2.45, 2.75) is 32.2 Å². The predicted octanol–water partition coefficient (Wildman–Crippen LogP) is 4.64. The van der Waals surface area contributed by atoms with E-state index in [0.29, 0.717) is 11.6 Å². The molecule has 2 aromatic carbocycles. The van der Waals surface area contributed by atoms with Crippen LogP contribution in [0.15, 0.2) is 71.3 Å². The largest absolute Gasteiger partial charge is 0.461 e. The van der Waals surface area contributed by atoms with Crippen molar-refractivity contribution >= 4 is 5.91 Å². The minimum atomic E-state index is -0.282. The van der Waals surface area contributed by atoms with Gasteiger partial charge in [0.2, 0.25) is 5.82 Å². The summed E-state index contributed by atoms with van der Waals surface area (Å²) in [7, 11) is 0. The van der Waals surface area contributed by atoms with Crippen molar-refractivity contribution in [1.82, 2.24) is 20.1 Å². The minimum Gasteiger partial charge on any atom is -0.461 e. The van der Waals surface area contributed by atoms with Crippen LogP contribution in [0.3, 0.4) is 0 Å². The Labute approximate surface area is 174 Å². The van der Waals surface area contributed by atoms with E-state index in [0.717, 1.165) is 30.5 Å². The van der Waals surface area contributed by atoms with E-state index >= 15 is 0 Å². The molecule has 0 aliphatic heterocycles. The molecule has 0 unspecified atom stereocenters. The number of hydrogen-bond acceptors (Lipinski definition) is 4. The Hall–Kier alpha value is -3.67. The van der Waals surface area contributed by atoms with E-state index in [9.17, 15) is 4.79 Å². The third kappa shape index (κ3) is 3.41. The van der Waals surface area contributed by atoms with Gasteiger partial charge in [-0.05, 0) is 67.1 Å². The monoisotopic (exact) mass is 398 g/mol. The Bertz CT molecular complexity index is 1190. The highest BCUT2D eigenvalue weighted by atomic mass is 16.3. The van der Waals surface area contributed by atoms with E-state index in [-0.39, 0.29) is 17.8 Å². The Morgan fingerprint density at radius 3 is 2.87 bits per heavy atom. The molecule has 0 saturated heterocycles. The molecule has 0 radical (unpaired) electrons. The van der Waals surface area contributed by atoms with Crippen LogP contribution in [0.1, 0.15) is 46.2 Å². The number of carbonyl (C=O) groups is 1. The molecule has 1 atom stereocenters.